The number of likely N-dealkylation sites (tertiary alicyclic amines) is 1. The van der Waals surface area contributed by atoms with Crippen molar-refractivity contribution in [2.75, 3.05) is 31.5 Å². The molecule has 1 saturated heterocycles. The smallest absolute Gasteiger partial charge is 0.243 e. The van der Waals surface area contributed by atoms with Crippen LogP contribution in [0.4, 0.5) is 5.95 Å². The van der Waals surface area contributed by atoms with Gasteiger partial charge < -0.3 is 10.2 Å². The molecule has 3 rings (SSSR count). The van der Waals surface area contributed by atoms with E-state index in [2.05, 4.69) is 51.4 Å². The minimum Gasteiger partial charge on any atom is -0.352 e. The highest BCUT2D eigenvalue weighted by Crippen LogP contribution is 2.16. The molecule has 2 aromatic rings. The lowest BCUT2D eigenvalue weighted by atomic mass is 10.1. The number of aromatic nitrogens is 3. The van der Waals surface area contributed by atoms with E-state index in [1.54, 1.807) is 0 Å². The molecule has 1 aromatic heterocycles. The van der Waals surface area contributed by atoms with Gasteiger partial charge in [0.25, 0.3) is 0 Å². The summed E-state index contributed by atoms with van der Waals surface area (Å²) in [6.45, 7) is 8.49. The highest BCUT2D eigenvalue weighted by Gasteiger charge is 2.10. The van der Waals surface area contributed by atoms with Crippen LogP contribution in [-0.4, -0.2) is 46.3 Å². The van der Waals surface area contributed by atoms with Crippen LogP contribution in [0.25, 0.3) is 11.0 Å². The van der Waals surface area contributed by atoms with Crippen LogP contribution in [-0.2, 0) is 0 Å². The molecule has 1 aliphatic heterocycles. The van der Waals surface area contributed by atoms with Crippen LogP contribution in [0.2, 0.25) is 0 Å². The number of anilines is 1. The van der Waals surface area contributed by atoms with Crippen molar-refractivity contribution in [1.29, 1.82) is 0 Å². The fraction of sp³-hybridized carbons (Fsp3) is 0.562. The van der Waals surface area contributed by atoms with Gasteiger partial charge in [0.15, 0.2) is 0 Å². The molecule has 0 aliphatic carbocycles. The maximum Gasteiger partial charge on any atom is 0.243 e. The van der Waals surface area contributed by atoms with Gasteiger partial charge in [-0.3, -0.25) is 0 Å². The second-order valence-corrected chi connectivity index (χ2v) is 5.91. The Balaban J connectivity index is 1.64. The van der Waals surface area contributed by atoms with Gasteiger partial charge >= 0.3 is 0 Å². The molecule has 5 nitrogen and oxygen atoms in total. The minimum atomic E-state index is 0.629. The van der Waals surface area contributed by atoms with E-state index >= 15 is 0 Å². The van der Waals surface area contributed by atoms with E-state index in [9.17, 15) is 0 Å². The molecular weight excluding hydrogens is 262 g/mol. The van der Waals surface area contributed by atoms with Gasteiger partial charge in [0.05, 0.1) is 5.52 Å². The SMILES string of the molecule is Cc1cc(C)c2nnc(NCCN3CCCCC3)nc2c1. The Morgan fingerprint density at radius 1 is 1.10 bits per heavy atom. The molecule has 0 amide bonds. The second kappa shape index (κ2) is 6.35. The Morgan fingerprint density at radius 2 is 1.90 bits per heavy atom. The molecule has 2 heterocycles. The highest BCUT2D eigenvalue weighted by atomic mass is 15.2. The Labute approximate surface area is 125 Å². The van der Waals surface area contributed by atoms with Crippen molar-refractivity contribution in [2.24, 2.45) is 0 Å². The first-order valence-electron chi connectivity index (χ1n) is 7.80. The Hall–Kier alpha value is -1.75. The Bertz CT molecular complexity index is 619. The molecule has 112 valence electrons. The summed E-state index contributed by atoms with van der Waals surface area (Å²) < 4.78 is 0. The number of rotatable bonds is 4. The van der Waals surface area contributed by atoms with Gasteiger partial charge in [-0.25, -0.2) is 4.98 Å². The maximum atomic E-state index is 4.58. The van der Waals surface area contributed by atoms with Crippen molar-refractivity contribution in [3.8, 4) is 0 Å². The Morgan fingerprint density at radius 3 is 2.71 bits per heavy atom. The Kier molecular flexibility index (Phi) is 4.29. The number of nitrogens with one attached hydrogen (secondary N) is 1. The summed E-state index contributed by atoms with van der Waals surface area (Å²) in [5.74, 6) is 0.629. The summed E-state index contributed by atoms with van der Waals surface area (Å²) in [7, 11) is 0. The zero-order chi connectivity index (χ0) is 14.7. The number of nitrogens with zero attached hydrogens (tertiary/aromatic N) is 4. The molecule has 21 heavy (non-hydrogen) atoms. The minimum absolute atomic E-state index is 0.629. The van der Waals surface area contributed by atoms with Crippen molar-refractivity contribution in [3.63, 3.8) is 0 Å². The summed E-state index contributed by atoms with van der Waals surface area (Å²) in [4.78, 5) is 7.08. The molecule has 1 N–H and O–H groups in total. The topological polar surface area (TPSA) is 53.9 Å². The van der Waals surface area contributed by atoms with Crippen molar-refractivity contribution in [2.45, 2.75) is 33.1 Å². The van der Waals surface area contributed by atoms with Gasteiger partial charge in [0.1, 0.15) is 5.52 Å². The number of fused-ring (bicyclic) bond motifs is 1. The van der Waals surface area contributed by atoms with Crippen LogP contribution in [0.15, 0.2) is 12.1 Å². The maximum absolute atomic E-state index is 4.58. The summed E-state index contributed by atoms with van der Waals surface area (Å²) in [5.41, 5.74) is 4.15. The monoisotopic (exact) mass is 285 g/mol. The predicted molar refractivity (Wildman–Crippen MR) is 85.6 cm³/mol. The van der Waals surface area contributed by atoms with Gasteiger partial charge in [-0.15, -0.1) is 10.2 Å². The molecule has 1 aliphatic rings. The molecule has 0 atom stereocenters. The number of piperidine rings is 1. The molecule has 0 radical (unpaired) electrons. The van der Waals surface area contributed by atoms with E-state index in [1.165, 1.54) is 37.9 Å². The summed E-state index contributed by atoms with van der Waals surface area (Å²) >= 11 is 0. The summed E-state index contributed by atoms with van der Waals surface area (Å²) in [5, 5.41) is 11.8. The van der Waals surface area contributed by atoms with Crippen LogP contribution in [0.3, 0.4) is 0 Å². The zero-order valence-corrected chi connectivity index (χ0v) is 12.9. The van der Waals surface area contributed by atoms with E-state index in [0.29, 0.717) is 5.95 Å². The fourth-order valence-electron chi connectivity index (χ4n) is 2.97. The van der Waals surface area contributed by atoms with Gasteiger partial charge in [-0.1, -0.05) is 12.5 Å². The van der Waals surface area contributed by atoms with Gasteiger partial charge in [-0.05, 0) is 57.0 Å². The average Bonchev–Trinajstić information content (AvgIpc) is 2.48. The largest absolute Gasteiger partial charge is 0.352 e. The second-order valence-electron chi connectivity index (χ2n) is 5.91. The van der Waals surface area contributed by atoms with Crippen molar-refractivity contribution >= 4 is 17.0 Å². The molecule has 5 heteroatoms. The first-order chi connectivity index (χ1) is 10.2. The lowest BCUT2D eigenvalue weighted by molar-refractivity contribution is 0.237. The van der Waals surface area contributed by atoms with Crippen molar-refractivity contribution in [3.05, 3.63) is 23.3 Å². The molecular formula is C16H23N5. The van der Waals surface area contributed by atoms with Crippen molar-refractivity contribution < 1.29 is 0 Å². The number of hydrogen-bond donors (Lipinski definition) is 1. The van der Waals surface area contributed by atoms with Crippen LogP contribution in [0, 0.1) is 13.8 Å². The van der Waals surface area contributed by atoms with E-state index in [1.807, 2.05) is 0 Å². The third kappa shape index (κ3) is 3.47. The normalized spacial score (nSPS) is 16.3. The predicted octanol–water partition coefficient (Wildman–Crippen LogP) is 2.54. The van der Waals surface area contributed by atoms with Crippen LogP contribution < -0.4 is 5.32 Å². The number of aryl methyl sites for hydroxylation is 2. The van der Waals surface area contributed by atoms with Crippen LogP contribution in [0.1, 0.15) is 30.4 Å². The molecule has 1 aromatic carbocycles. The molecule has 0 unspecified atom stereocenters. The fourth-order valence-corrected chi connectivity index (χ4v) is 2.97. The average molecular weight is 285 g/mol. The van der Waals surface area contributed by atoms with Gasteiger partial charge in [0.2, 0.25) is 5.95 Å². The van der Waals surface area contributed by atoms with E-state index in [4.69, 9.17) is 0 Å². The lowest BCUT2D eigenvalue weighted by Gasteiger charge is -2.26. The molecule has 1 fully saturated rings. The lowest BCUT2D eigenvalue weighted by Crippen LogP contribution is -2.33. The first kappa shape index (κ1) is 14.2. The van der Waals surface area contributed by atoms with Gasteiger partial charge in [-0.2, -0.15) is 0 Å². The molecule has 0 saturated carbocycles. The first-order valence-corrected chi connectivity index (χ1v) is 7.80. The zero-order valence-electron chi connectivity index (χ0n) is 12.9. The van der Waals surface area contributed by atoms with E-state index in [0.717, 1.165) is 29.7 Å². The van der Waals surface area contributed by atoms with E-state index < -0.39 is 0 Å². The van der Waals surface area contributed by atoms with E-state index in [-0.39, 0.29) is 0 Å². The number of hydrogen-bond acceptors (Lipinski definition) is 5. The third-order valence-corrected chi connectivity index (χ3v) is 4.06. The van der Waals surface area contributed by atoms with Crippen LogP contribution >= 0.6 is 0 Å². The third-order valence-electron chi connectivity index (χ3n) is 4.06. The molecule has 0 bridgehead atoms. The highest BCUT2D eigenvalue weighted by molar-refractivity contribution is 5.78. The summed E-state index contributed by atoms with van der Waals surface area (Å²) in [6.07, 6.45) is 4.03. The number of benzene rings is 1. The quantitative estimate of drug-likeness (QED) is 0.935. The van der Waals surface area contributed by atoms with Crippen LogP contribution in [0.5, 0.6) is 0 Å². The standard InChI is InChI=1S/C16H23N5/c1-12-10-13(2)15-14(11-12)18-16(20-19-15)17-6-9-21-7-4-3-5-8-21/h10-11H,3-9H2,1-2H3,(H,17,18,20). The van der Waals surface area contributed by atoms with Gasteiger partial charge in [0, 0.05) is 13.1 Å². The summed E-state index contributed by atoms with van der Waals surface area (Å²) in [6, 6.07) is 4.18. The van der Waals surface area contributed by atoms with Crippen molar-refractivity contribution in [1.82, 2.24) is 20.1 Å². The molecule has 0 spiro atoms.